The van der Waals surface area contributed by atoms with E-state index < -0.39 is 22.2 Å². The molecule has 2 aromatic rings. The number of carbonyl (C=O) groups excluding carboxylic acids is 1. The van der Waals surface area contributed by atoms with Gasteiger partial charge >= 0.3 is 0 Å². The minimum absolute atomic E-state index is 0.0310. The molecular weight excluding hydrogens is 449 g/mol. The molecule has 1 fully saturated rings. The Morgan fingerprint density at radius 1 is 1.12 bits per heavy atom. The van der Waals surface area contributed by atoms with Gasteiger partial charge in [0.15, 0.2) is 0 Å². The van der Waals surface area contributed by atoms with Crippen LogP contribution in [0.15, 0.2) is 30.6 Å². The SMILES string of the molecule is BC(B)(B)c1cnc(CNCC2(F)CC(B)(B)N(C(=O)c3ccc(F)c(Cl)c3)C(B)(B)C2)nc1. The van der Waals surface area contributed by atoms with Crippen molar-refractivity contribution < 1.29 is 13.6 Å². The molecule has 1 N–H and O–H groups in total. The summed E-state index contributed by atoms with van der Waals surface area (Å²) in [6, 6.07) is 3.92. The Morgan fingerprint density at radius 3 is 2.18 bits per heavy atom. The van der Waals surface area contributed by atoms with Crippen LogP contribution in [-0.2, 0) is 11.7 Å². The average molecular weight is 478 g/mol. The Hall–Kier alpha value is -1.67. The number of halogens is 3. The fourth-order valence-corrected chi connectivity index (χ4v) is 5.44. The van der Waals surface area contributed by atoms with E-state index in [2.05, 4.69) is 38.8 Å². The molecule has 0 saturated carbocycles. The highest BCUT2D eigenvalue weighted by Gasteiger charge is 2.53. The molecule has 5 nitrogen and oxygen atoms in total. The highest BCUT2D eigenvalue weighted by Crippen LogP contribution is 2.41. The number of hydrogen-bond donors (Lipinski definition) is 1. The molecule has 0 bridgehead atoms. The molecule has 34 heavy (non-hydrogen) atoms. The van der Waals surface area contributed by atoms with E-state index in [1.165, 1.54) is 18.2 Å². The second kappa shape index (κ2) is 9.42. The molecule has 0 unspecified atom stereocenters. The van der Waals surface area contributed by atoms with Gasteiger partial charge in [0.2, 0.25) is 0 Å². The summed E-state index contributed by atoms with van der Waals surface area (Å²) in [5.74, 6) is -0.267. The maximum atomic E-state index is 16.1. The van der Waals surface area contributed by atoms with Gasteiger partial charge in [-0.3, -0.25) is 4.79 Å². The van der Waals surface area contributed by atoms with E-state index in [1.807, 2.05) is 43.8 Å². The lowest BCUT2D eigenvalue weighted by Gasteiger charge is -2.58. The zero-order valence-corrected chi connectivity index (χ0v) is 21.9. The van der Waals surface area contributed by atoms with E-state index in [0.29, 0.717) is 12.4 Å². The number of nitrogens with zero attached hydrogens (tertiary/aromatic N) is 3. The molecule has 1 aliphatic rings. The maximum Gasteiger partial charge on any atom is 0.252 e. The lowest BCUT2D eigenvalue weighted by Crippen LogP contribution is -2.72. The third kappa shape index (κ3) is 5.93. The molecule has 0 atom stereocenters. The topological polar surface area (TPSA) is 58.1 Å². The number of benzene rings is 1. The van der Waals surface area contributed by atoms with Crippen LogP contribution < -0.4 is 5.32 Å². The second-order valence-electron chi connectivity index (χ2n) is 11.6. The highest BCUT2D eigenvalue weighted by molar-refractivity contribution is 6.58. The van der Waals surface area contributed by atoms with Gasteiger partial charge in [0, 0.05) is 24.5 Å². The van der Waals surface area contributed by atoms with Crippen LogP contribution in [0.25, 0.3) is 0 Å². The van der Waals surface area contributed by atoms with E-state index in [0.717, 1.165) is 5.56 Å². The quantitative estimate of drug-likeness (QED) is 0.430. The van der Waals surface area contributed by atoms with Crippen LogP contribution in [0.1, 0.15) is 34.6 Å². The lowest BCUT2D eigenvalue weighted by atomic mass is 9.40. The fourth-order valence-electron chi connectivity index (χ4n) is 5.26. The van der Waals surface area contributed by atoms with Crippen LogP contribution >= 0.6 is 11.6 Å². The van der Waals surface area contributed by atoms with Crippen LogP contribution in [0.2, 0.25) is 5.02 Å². The Labute approximate surface area is 211 Å². The van der Waals surface area contributed by atoms with Gasteiger partial charge < -0.3 is 10.2 Å². The summed E-state index contributed by atoms with van der Waals surface area (Å²) in [5, 5.41) is 1.48. The Bertz CT molecular complexity index is 1050. The van der Waals surface area contributed by atoms with Gasteiger partial charge in [-0.15, -0.1) is 0 Å². The average Bonchev–Trinajstić information content (AvgIpc) is 2.67. The van der Waals surface area contributed by atoms with E-state index in [-0.39, 0.29) is 41.0 Å². The van der Waals surface area contributed by atoms with Crippen molar-refractivity contribution in [1.82, 2.24) is 20.2 Å². The molecule has 172 valence electrons. The third-order valence-electron chi connectivity index (χ3n) is 6.38. The molecule has 1 aliphatic heterocycles. The largest absolute Gasteiger partial charge is 0.359 e. The monoisotopic (exact) mass is 478 g/mol. The van der Waals surface area contributed by atoms with E-state index in [1.54, 1.807) is 4.90 Å². The minimum Gasteiger partial charge on any atom is -0.359 e. The second-order valence-corrected chi connectivity index (χ2v) is 12.0. The first kappa shape index (κ1) is 26.9. The standard InChI is InChI=1S/C19H28B7ClF2N4O/c20-17(21)7-16(29,9-30-6-14-31-4-11(5-32-14)19(24,25)26)8-18(22,23)33(17)15(34)10-1-2-13(28)12(27)3-10/h1-5,30H,6-9,20-26H2. The molecule has 2 heterocycles. The van der Waals surface area contributed by atoms with Gasteiger partial charge in [0.05, 0.1) is 35.1 Å². The maximum absolute atomic E-state index is 16.1. The number of likely N-dealkylation sites (tertiary alicyclic amines) is 1. The van der Waals surface area contributed by atoms with Crippen molar-refractivity contribution in [3.63, 3.8) is 0 Å². The molecule has 3 rings (SSSR count). The van der Waals surface area contributed by atoms with Crippen molar-refractivity contribution in [2.75, 3.05) is 6.54 Å². The molecule has 1 aromatic carbocycles. The number of carbonyl (C=O) groups is 1. The molecule has 0 spiro atoms. The zero-order chi connectivity index (χ0) is 25.5. The lowest BCUT2D eigenvalue weighted by molar-refractivity contribution is 0.00466. The van der Waals surface area contributed by atoms with Crippen LogP contribution in [0.4, 0.5) is 8.78 Å². The molecule has 1 aromatic heterocycles. The van der Waals surface area contributed by atoms with E-state index >= 15 is 4.39 Å². The summed E-state index contributed by atoms with van der Waals surface area (Å²) in [6.45, 7) is 0.475. The molecule has 1 saturated heterocycles. The number of alkyl halides is 1. The first-order valence-electron chi connectivity index (χ1n) is 11.5. The summed E-state index contributed by atoms with van der Waals surface area (Å²) in [5.41, 5.74) is -0.204. The minimum atomic E-state index is -1.53. The first-order chi connectivity index (χ1) is 15.5. The van der Waals surface area contributed by atoms with Crippen LogP contribution in [-0.4, -0.2) is 98.6 Å². The van der Waals surface area contributed by atoms with Gasteiger partial charge in [-0.25, -0.2) is 18.7 Å². The number of amides is 1. The number of hydrogen-bond acceptors (Lipinski definition) is 4. The van der Waals surface area contributed by atoms with E-state index in [4.69, 9.17) is 11.6 Å². The van der Waals surface area contributed by atoms with Crippen molar-refractivity contribution in [3.8, 4) is 0 Å². The summed E-state index contributed by atoms with van der Waals surface area (Å²) in [6.07, 6.45) is 3.93. The summed E-state index contributed by atoms with van der Waals surface area (Å²) >= 11 is 5.90. The Kier molecular flexibility index (Phi) is 7.46. The molecular formula is C19H28B7ClF2N4O. The normalized spacial score (nSPS) is 19.0. The smallest absolute Gasteiger partial charge is 0.252 e. The zero-order valence-electron chi connectivity index (χ0n) is 21.1. The van der Waals surface area contributed by atoms with Crippen molar-refractivity contribution >= 4 is 72.4 Å². The Balaban J connectivity index is 1.71. The summed E-state index contributed by atoms with van der Waals surface area (Å²) < 4.78 is 29.7. The summed E-state index contributed by atoms with van der Waals surface area (Å²) in [4.78, 5) is 23.9. The third-order valence-corrected chi connectivity index (χ3v) is 6.67. The highest BCUT2D eigenvalue weighted by atomic mass is 35.5. The van der Waals surface area contributed by atoms with Crippen molar-refractivity contribution in [1.29, 1.82) is 0 Å². The van der Waals surface area contributed by atoms with Gasteiger partial charge in [-0.2, -0.15) is 0 Å². The van der Waals surface area contributed by atoms with Crippen molar-refractivity contribution in [2.45, 2.75) is 40.8 Å². The Morgan fingerprint density at radius 2 is 1.68 bits per heavy atom. The summed E-state index contributed by atoms with van der Waals surface area (Å²) in [7, 11) is 13.7. The molecule has 15 heteroatoms. The van der Waals surface area contributed by atoms with Crippen LogP contribution in [0.3, 0.4) is 0 Å². The van der Waals surface area contributed by atoms with E-state index in [9.17, 15) is 9.18 Å². The van der Waals surface area contributed by atoms with Gasteiger partial charge in [-0.1, -0.05) is 16.7 Å². The first-order valence-corrected chi connectivity index (χ1v) is 11.9. The number of aromatic nitrogens is 2. The number of rotatable bonds is 6. The van der Waals surface area contributed by atoms with Crippen molar-refractivity contribution in [3.05, 3.63) is 58.4 Å². The molecule has 0 aliphatic carbocycles. The molecule has 0 radical (unpaired) electrons. The predicted octanol–water partition coefficient (Wildman–Crippen LogP) is -4.15. The van der Waals surface area contributed by atoms with Gasteiger partial charge in [-0.05, 0) is 47.3 Å². The van der Waals surface area contributed by atoms with Gasteiger partial charge in [0.25, 0.3) is 5.91 Å². The fraction of sp³-hybridized carbons (Fsp3) is 0.421. The van der Waals surface area contributed by atoms with Gasteiger partial charge in [0.1, 0.15) is 48.7 Å². The van der Waals surface area contributed by atoms with Crippen LogP contribution in [0.5, 0.6) is 0 Å². The molecule has 1 amide bonds. The van der Waals surface area contributed by atoms with Crippen molar-refractivity contribution in [2.24, 2.45) is 0 Å². The number of nitrogens with one attached hydrogen (secondary N) is 1. The number of piperidine rings is 1. The predicted molar refractivity (Wildman–Crippen MR) is 151 cm³/mol. The van der Waals surface area contributed by atoms with Crippen LogP contribution in [0, 0.1) is 5.82 Å².